The van der Waals surface area contributed by atoms with Crippen LogP contribution in [0.25, 0.3) is 0 Å². The quantitative estimate of drug-likeness (QED) is 0.597. The third-order valence-corrected chi connectivity index (χ3v) is 3.44. The van der Waals surface area contributed by atoms with Gasteiger partial charge in [0.15, 0.2) is 5.41 Å². The summed E-state index contributed by atoms with van der Waals surface area (Å²) in [6.45, 7) is 1.86. The third-order valence-electron chi connectivity index (χ3n) is 3.44. The van der Waals surface area contributed by atoms with Crippen LogP contribution in [0.4, 0.5) is 0 Å². The number of rotatable bonds is 0. The van der Waals surface area contributed by atoms with Crippen LogP contribution in [0.2, 0.25) is 0 Å². The zero-order valence-corrected chi connectivity index (χ0v) is 8.82. The Morgan fingerprint density at radius 1 is 1.44 bits per heavy atom. The minimum absolute atomic E-state index is 0.0194. The number of fused-ring (bicyclic) bond motifs is 1. The molecule has 80 valence electrons. The van der Waals surface area contributed by atoms with Crippen LogP contribution >= 0.6 is 0 Å². The summed E-state index contributed by atoms with van der Waals surface area (Å²) in [4.78, 5) is 15.4. The monoisotopic (exact) mass is 214 g/mol. The number of nitrogens with two attached hydrogens (primary N) is 1. The molecule has 5 heteroatoms. The molecule has 2 N–H and O–H groups in total. The number of nitriles is 2. The van der Waals surface area contributed by atoms with Crippen molar-refractivity contribution in [1.29, 1.82) is 10.5 Å². The second-order valence-corrected chi connectivity index (χ2v) is 4.27. The first kappa shape index (κ1) is 10.4. The molecule has 2 rings (SSSR count). The number of carbonyl (C=O) groups is 1. The van der Waals surface area contributed by atoms with E-state index in [1.54, 1.807) is 0 Å². The molecule has 1 aliphatic carbocycles. The van der Waals surface area contributed by atoms with E-state index in [0.29, 0.717) is 6.42 Å². The summed E-state index contributed by atoms with van der Waals surface area (Å²) in [5.74, 6) is -0.605. The normalized spacial score (nSPS) is 36.8. The van der Waals surface area contributed by atoms with Gasteiger partial charge in [-0.1, -0.05) is 11.6 Å². The molecule has 0 saturated carbocycles. The van der Waals surface area contributed by atoms with E-state index in [4.69, 9.17) is 5.73 Å². The molecule has 1 heterocycles. The van der Waals surface area contributed by atoms with Gasteiger partial charge >= 0.3 is 0 Å². The van der Waals surface area contributed by atoms with Crippen LogP contribution in [-0.2, 0) is 4.79 Å². The Bertz CT molecular complexity index is 519. The van der Waals surface area contributed by atoms with E-state index < -0.39 is 16.7 Å². The van der Waals surface area contributed by atoms with Crippen LogP contribution in [-0.4, -0.2) is 11.7 Å². The van der Waals surface area contributed by atoms with Crippen LogP contribution in [0, 0.1) is 33.5 Å². The number of amides is 1. The van der Waals surface area contributed by atoms with Crippen molar-refractivity contribution >= 4 is 11.7 Å². The van der Waals surface area contributed by atoms with Gasteiger partial charge in [-0.25, -0.2) is 0 Å². The van der Waals surface area contributed by atoms with E-state index in [0.717, 1.165) is 5.57 Å². The molecule has 2 atom stereocenters. The summed E-state index contributed by atoms with van der Waals surface area (Å²) in [7, 11) is 0. The summed E-state index contributed by atoms with van der Waals surface area (Å²) < 4.78 is 0. The van der Waals surface area contributed by atoms with Crippen molar-refractivity contribution in [1.82, 2.24) is 0 Å². The standard InChI is InChI=1S/C11H10N4O/c1-7-2-3-10(5-12)9(16)15-8(14)11(10,4-7)6-13/h2H,3-4H2,1H3,(H2,14,15,16)/t10-,11-/m0/s1. The van der Waals surface area contributed by atoms with Gasteiger partial charge in [-0.15, -0.1) is 0 Å². The van der Waals surface area contributed by atoms with Crippen molar-refractivity contribution in [2.24, 2.45) is 21.6 Å². The van der Waals surface area contributed by atoms with E-state index in [9.17, 15) is 15.3 Å². The van der Waals surface area contributed by atoms with Gasteiger partial charge in [0, 0.05) is 0 Å². The Hall–Kier alpha value is -2.14. The number of aliphatic imine (C=N–C) groups is 1. The average Bonchev–Trinajstić information content (AvgIpc) is 2.48. The van der Waals surface area contributed by atoms with Gasteiger partial charge in [-0.3, -0.25) is 4.79 Å². The molecule has 1 aliphatic heterocycles. The van der Waals surface area contributed by atoms with Crippen molar-refractivity contribution in [2.75, 3.05) is 0 Å². The first-order chi connectivity index (χ1) is 7.52. The molecule has 0 spiro atoms. The molecule has 0 aromatic carbocycles. The van der Waals surface area contributed by atoms with Crippen molar-refractivity contribution in [2.45, 2.75) is 19.8 Å². The van der Waals surface area contributed by atoms with E-state index in [1.807, 2.05) is 25.1 Å². The topological polar surface area (TPSA) is 103 Å². The van der Waals surface area contributed by atoms with E-state index in [2.05, 4.69) is 4.99 Å². The number of carbonyl (C=O) groups excluding carboxylic acids is 1. The van der Waals surface area contributed by atoms with Gasteiger partial charge < -0.3 is 5.73 Å². The van der Waals surface area contributed by atoms with Crippen LogP contribution < -0.4 is 5.73 Å². The number of allylic oxidation sites excluding steroid dienone is 2. The summed E-state index contributed by atoms with van der Waals surface area (Å²) in [5, 5.41) is 18.6. The molecule has 0 bridgehead atoms. The molecule has 5 nitrogen and oxygen atoms in total. The predicted octanol–water partition coefficient (Wildman–Crippen LogP) is 0.644. The molecular formula is C11H10N4O. The van der Waals surface area contributed by atoms with Crippen molar-refractivity contribution < 1.29 is 4.79 Å². The maximum Gasteiger partial charge on any atom is 0.270 e. The fourth-order valence-corrected chi connectivity index (χ4v) is 2.40. The van der Waals surface area contributed by atoms with E-state index in [-0.39, 0.29) is 12.3 Å². The smallest absolute Gasteiger partial charge is 0.270 e. The fraction of sp³-hybridized carbons (Fsp3) is 0.455. The van der Waals surface area contributed by atoms with Crippen LogP contribution in [0.15, 0.2) is 16.6 Å². The second kappa shape index (κ2) is 2.93. The molecule has 0 aromatic heterocycles. The first-order valence-electron chi connectivity index (χ1n) is 4.89. The minimum Gasteiger partial charge on any atom is -0.386 e. The Kier molecular flexibility index (Phi) is 1.90. The number of nitrogens with zero attached hydrogens (tertiary/aromatic N) is 3. The van der Waals surface area contributed by atoms with Gasteiger partial charge in [0.1, 0.15) is 11.3 Å². The Morgan fingerprint density at radius 2 is 2.06 bits per heavy atom. The number of amidine groups is 1. The lowest BCUT2D eigenvalue weighted by molar-refractivity contribution is -0.125. The maximum atomic E-state index is 11.8. The Labute approximate surface area is 92.9 Å². The first-order valence-corrected chi connectivity index (χ1v) is 4.89. The summed E-state index contributed by atoms with van der Waals surface area (Å²) in [5.41, 5.74) is 3.96. The van der Waals surface area contributed by atoms with E-state index in [1.165, 1.54) is 0 Å². The fourth-order valence-electron chi connectivity index (χ4n) is 2.40. The highest BCUT2D eigenvalue weighted by atomic mass is 16.2. The zero-order chi connectivity index (χ0) is 12.0. The molecule has 0 radical (unpaired) electrons. The lowest BCUT2D eigenvalue weighted by atomic mass is 9.58. The Balaban J connectivity index is 2.71. The largest absolute Gasteiger partial charge is 0.386 e. The average molecular weight is 214 g/mol. The maximum absolute atomic E-state index is 11.8. The van der Waals surface area contributed by atoms with Crippen LogP contribution in [0.5, 0.6) is 0 Å². The molecule has 16 heavy (non-hydrogen) atoms. The highest BCUT2D eigenvalue weighted by molar-refractivity contribution is 6.11. The zero-order valence-electron chi connectivity index (χ0n) is 8.82. The Morgan fingerprint density at radius 3 is 2.62 bits per heavy atom. The summed E-state index contributed by atoms with van der Waals surface area (Å²) in [6.07, 6.45) is 2.33. The van der Waals surface area contributed by atoms with Crippen molar-refractivity contribution in [3.63, 3.8) is 0 Å². The van der Waals surface area contributed by atoms with E-state index >= 15 is 0 Å². The highest BCUT2D eigenvalue weighted by Gasteiger charge is 2.65. The lowest BCUT2D eigenvalue weighted by Crippen LogP contribution is -2.49. The second-order valence-electron chi connectivity index (χ2n) is 4.27. The summed E-state index contributed by atoms with van der Waals surface area (Å²) in [6, 6.07) is 4.00. The van der Waals surface area contributed by atoms with Crippen LogP contribution in [0.1, 0.15) is 19.8 Å². The highest BCUT2D eigenvalue weighted by Crippen LogP contribution is 2.53. The molecule has 0 fully saturated rings. The molecule has 2 aliphatic rings. The molecule has 1 amide bonds. The SMILES string of the molecule is CC1=CC[C@]2(C#N)C(=O)N=C(N)[C@@]2(C#N)C1. The summed E-state index contributed by atoms with van der Waals surface area (Å²) >= 11 is 0. The van der Waals surface area contributed by atoms with Gasteiger partial charge in [-0.05, 0) is 19.8 Å². The molecular weight excluding hydrogens is 204 g/mol. The van der Waals surface area contributed by atoms with Crippen molar-refractivity contribution in [3.05, 3.63) is 11.6 Å². The van der Waals surface area contributed by atoms with Gasteiger partial charge in [-0.2, -0.15) is 15.5 Å². The lowest BCUT2D eigenvalue weighted by Gasteiger charge is -2.36. The number of hydrogen-bond donors (Lipinski definition) is 1. The predicted molar refractivity (Wildman–Crippen MR) is 55.7 cm³/mol. The minimum atomic E-state index is -1.41. The molecule has 0 saturated heterocycles. The van der Waals surface area contributed by atoms with Gasteiger partial charge in [0.05, 0.1) is 12.1 Å². The van der Waals surface area contributed by atoms with Crippen LogP contribution in [0.3, 0.4) is 0 Å². The third kappa shape index (κ3) is 0.880. The number of hydrogen-bond acceptors (Lipinski definition) is 4. The van der Waals surface area contributed by atoms with Gasteiger partial charge in [0.2, 0.25) is 0 Å². The van der Waals surface area contributed by atoms with Gasteiger partial charge in [0.25, 0.3) is 5.91 Å². The molecule has 0 aromatic rings. The molecule has 0 unspecified atom stereocenters. The van der Waals surface area contributed by atoms with Crippen molar-refractivity contribution in [3.8, 4) is 12.1 Å².